The van der Waals surface area contributed by atoms with Crippen molar-refractivity contribution in [1.82, 2.24) is 15.1 Å². The Kier molecular flexibility index (Phi) is 3.33. The van der Waals surface area contributed by atoms with E-state index < -0.39 is 0 Å². The van der Waals surface area contributed by atoms with E-state index in [0.717, 1.165) is 6.04 Å². The quantitative estimate of drug-likeness (QED) is 0.744. The van der Waals surface area contributed by atoms with Gasteiger partial charge in [0.2, 0.25) is 0 Å². The average Bonchev–Trinajstić information content (AvgIpc) is 2.64. The molecule has 3 heteroatoms. The van der Waals surface area contributed by atoms with Crippen LogP contribution in [-0.2, 0) is 0 Å². The molecule has 0 aliphatic carbocycles. The van der Waals surface area contributed by atoms with Crippen molar-refractivity contribution in [2.24, 2.45) is 0 Å². The fourth-order valence-corrected chi connectivity index (χ4v) is 2.84. The summed E-state index contributed by atoms with van der Waals surface area (Å²) in [5.74, 6) is 0. The summed E-state index contributed by atoms with van der Waals surface area (Å²) in [6.07, 6.45) is 2.82. The summed E-state index contributed by atoms with van der Waals surface area (Å²) < 4.78 is 0. The van der Waals surface area contributed by atoms with E-state index in [-0.39, 0.29) is 5.54 Å². The fraction of sp³-hybridized carbons (Fsp3) is 1.00. The summed E-state index contributed by atoms with van der Waals surface area (Å²) in [6, 6.07) is 0.853. The first-order valence-electron chi connectivity index (χ1n) is 6.26. The zero-order chi connectivity index (χ0) is 10.9. The van der Waals surface area contributed by atoms with E-state index >= 15 is 0 Å². The number of rotatable bonds is 3. The molecule has 2 rings (SSSR count). The lowest BCUT2D eigenvalue weighted by Gasteiger charge is -2.41. The van der Waals surface area contributed by atoms with E-state index in [1.54, 1.807) is 0 Å². The van der Waals surface area contributed by atoms with Crippen LogP contribution >= 0.6 is 0 Å². The van der Waals surface area contributed by atoms with Crippen LogP contribution in [0.1, 0.15) is 26.7 Å². The SMILES string of the molecule is CNC(C)(C)CN1CCN2CCCC2C1. The van der Waals surface area contributed by atoms with Crippen molar-refractivity contribution in [3.8, 4) is 0 Å². The Balaban J connectivity index is 1.85. The minimum absolute atomic E-state index is 0.251. The van der Waals surface area contributed by atoms with Crippen molar-refractivity contribution in [3.05, 3.63) is 0 Å². The maximum absolute atomic E-state index is 3.39. The molecule has 3 nitrogen and oxygen atoms in total. The standard InChI is InChI=1S/C12H25N3/c1-12(2,13-3)10-14-7-8-15-6-4-5-11(15)9-14/h11,13H,4-10H2,1-3H3. The monoisotopic (exact) mass is 211 g/mol. The van der Waals surface area contributed by atoms with Crippen molar-refractivity contribution >= 4 is 0 Å². The molecule has 2 aliphatic rings. The van der Waals surface area contributed by atoms with E-state index in [0.29, 0.717) is 0 Å². The van der Waals surface area contributed by atoms with E-state index in [2.05, 4.69) is 36.0 Å². The zero-order valence-corrected chi connectivity index (χ0v) is 10.4. The third kappa shape index (κ3) is 2.71. The summed E-state index contributed by atoms with van der Waals surface area (Å²) >= 11 is 0. The molecule has 0 radical (unpaired) electrons. The van der Waals surface area contributed by atoms with Gasteiger partial charge in [-0.1, -0.05) is 0 Å². The van der Waals surface area contributed by atoms with Crippen molar-refractivity contribution < 1.29 is 0 Å². The second kappa shape index (κ2) is 4.40. The molecule has 2 saturated heterocycles. The molecule has 88 valence electrons. The first-order valence-corrected chi connectivity index (χ1v) is 6.26. The van der Waals surface area contributed by atoms with Crippen LogP contribution in [0.25, 0.3) is 0 Å². The van der Waals surface area contributed by atoms with Gasteiger partial charge in [0.15, 0.2) is 0 Å². The van der Waals surface area contributed by atoms with Gasteiger partial charge in [-0.15, -0.1) is 0 Å². The highest BCUT2D eigenvalue weighted by molar-refractivity contribution is 4.90. The van der Waals surface area contributed by atoms with Gasteiger partial charge in [-0.2, -0.15) is 0 Å². The molecular weight excluding hydrogens is 186 g/mol. The number of nitrogens with zero attached hydrogens (tertiary/aromatic N) is 2. The van der Waals surface area contributed by atoms with Gasteiger partial charge in [0, 0.05) is 37.8 Å². The Labute approximate surface area is 93.8 Å². The van der Waals surface area contributed by atoms with Crippen LogP contribution < -0.4 is 5.32 Å². The number of fused-ring (bicyclic) bond motifs is 1. The predicted octanol–water partition coefficient (Wildman–Crippen LogP) is 0.764. The van der Waals surface area contributed by atoms with Crippen LogP contribution in [0.3, 0.4) is 0 Å². The molecule has 1 unspecified atom stereocenters. The number of hydrogen-bond acceptors (Lipinski definition) is 3. The number of likely N-dealkylation sites (N-methyl/N-ethyl adjacent to an activating group) is 1. The van der Waals surface area contributed by atoms with E-state index in [1.807, 2.05) is 0 Å². The first-order chi connectivity index (χ1) is 7.11. The molecule has 0 spiro atoms. The first kappa shape index (κ1) is 11.4. The summed E-state index contributed by atoms with van der Waals surface area (Å²) in [5, 5.41) is 3.39. The highest BCUT2D eigenvalue weighted by Gasteiger charge is 2.32. The molecule has 1 atom stereocenters. The van der Waals surface area contributed by atoms with Crippen LogP contribution in [0.4, 0.5) is 0 Å². The molecule has 0 aromatic carbocycles. The number of piperazine rings is 1. The Morgan fingerprint density at radius 3 is 2.80 bits per heavy atom. The molecule has 2 fully saturated rings. The molecule has 2 heterocycles. The van der Waals surface area contributed by atoms with Gasteiger partial charge < -0.3 is 5.32 Å². The Hall–Kier alpha value is -0.120. The van der Waals surface area contributed by atoms with Gasteiger partial charge in [-0.3, -0.25) is 9.80 Å². The highest BCUT2D eigenvalue weighted by atomic mass is 15.3. The lowest BCUT2D eigenvalue weighted by Crippen LogP contribution is -2.55. The van der Waals surface area contributed by atoms with Crippen LogP contribution in [-0.4, -0.2) is 61.2 Å². The largest absolute Gasteiger partial charge is 0.314 e. The molecule has 15 heavy (non-hydrogen) atoms. The van der Waals surface area contributed by atoms with E-state index in [9.17, 15) is 0 Å². The average molecular weight is 211 g/mol. The van der Waals surface area contributed by atoms with Crippen molar-refractivity contribution in [2.75, 3.05) is 39.8 Å². The Morgan fingerprint density at radius 2 is 2.07 bits per heavy atom. The summed E-state index contributed by atoms with van der Waals surface area (Å²) in [6.45, 7) is 10.9. The van der Waals surface area contributed by atoms with Crippen LogP contribution in [0.2, 0.25) is 0 Å². The molecule has 0 aromatic heterocycles. The van der Waals surface area contributed by atoms with Crippen molar-refractivity contribution in [1.29, 1.82) is 0 Å². The molecule has 1 N–H and O–H groups in total. The number of nitrogens with one attached hydrogen (secondary N) is 1. The highest BCUT2D eigenvalue weighted by Crippen LogP contribution is 2.22. The lowest BCUT2D eigenvalue weighted by molar-refractivity contribution is 0.0858. The Morgan fingerprint density at radius 1 is 1.27 bits per heavy atom. The minimum Gasteiger partial charge on any atom is -0.314 e. The van der Waals surface area contributed by atoms with Crippen LogP contribution in [0, 0.1) is 0 Å². The van der Waals surface area contributed by atoms with Crippen molar-refractivity contribution in [2.45, 2.75) is 38.3 Å². The maximum Gasteiger partial charge on any atom is 0.0249 e. The summed E-state index contributed by atoms with van der Waals surface area (Å²) in [4.78, 5) is 5.30. The number of hydrogen-bond donors (Lipinski definition) is 1. The predicted molar refractivity (Wildman–Crippen MR) is 64.2 cm³/mol. The molecule has 0 aromatic rings. The fourth-order valence-electron chi connectivity index (χ4n) is 2.84. The van der Waals surface area contributed by atoms with Gasteiger partial charge in [-0.25, -0.2) is 0 Å². The van der Waals surface area contributed by atoms with Gasteiger partial charge in [0.25, 0.3) is 0 Å². The summed E-state index contributed by atoms with van der Waals surface area (Å²) in [7, 11) is 2.06. The van der Waals surface area contributed by atoms with Gasteiger partial charge in [-0.05, 0) is 40.3 Å². The van der Waals surface area contributed by atoms with E-state index in [4.69, 9.17) is 0 Å². The normalized spacial score (nSPS) is 29.4. The minimum atomic E-state index is 0.251. The smallest absolute Gasteiger partial charge is 0.0249 e. The van der Waals surface area contributed by atoms with Gasteiger partial charge >= 0.3 is 0 Å². The molecule has 0 saturated carbocycles. The second-order valence-electron chi connectivity index (χ2n) is 5.70. The third-order valence-electron chi connectivity index (χ3n) is 3.97. The topological polar surface area (TPSA) is 18.5 Å². The molecule has 0 bridgehead atoms. The van der Waals surface area contributed by atoms with Crippen LogP contribution in [0.5, 0.6) is 0 Å². The second-order valence-corrected chi connectivity index (χ2v) is 5.70. The summed E-state index contributed by atoms with van der Waals surface area (Å²) in [5.41, 5.74) is 0.251. The van der Waals surface area contributed by atoms with Gasteiger partial charge in [0.1, 0.15) is 0 Å². The molecule has 2 aliphatic heterocycles. The van der Waals surface area contributed by atoms with E-state index in [1.165, 1.54) is 45.6 Å². The molecule has 0 amide bonds. The van der Waals surface area contributed by atoms with Crippen molar-refractivity contribution in [3.63, 3.8) is 0 Å². The van der Waals surface area contributed by atoms with Gasteiger partial charge in [0.05, 0.1) is 0 Å². The third-order valence-corrected chi connectivity index (χ3v) is 3.97. The maximum atomic E-state index is 3.39. The van der Waals surface area contributed by atoms with Crippen LogP contribution in [0.15, 0.2) is 0 Å². The lowest BCUT2D eigenvalue weighted by atomic mass is 10.0. The Bertz CT molecular complexity index is 215. The zero-order valence-electron chi connectivity index (χ0n) is 10.4. The molecular formula is C12H25N3.